The normalized spacial score (nSPS) is 11.3. The Morgan fingerprint density at radius 1 is 1.03 bits per heavy atom. The van der Waals surface area contributed by atoms with Gasteiger partial charge in [0.1, 0.15) is 41.8 Å². The number of nitrogens with zero attached hydrogens (tertiary/aromatic N) is 2. The van der Waals surface area contributed by atoms with Gasteiger partial charge in [0.05, 0.1) is 10.5 Å². The van der Waals surface area contributed by atoms with Crippen LogP contribution in [0.15, 0.2) is 95.7 Å². The number of hydrogen-bond acceptors (Lipinski definition) is 5. The van der Waals surface area contributed by atoms with Crippen LogP contribution < -0.4 is 10.1 Å². The molecule has 0 fully saturated rings. The maximum absolute atomic E-state index is 13.4. The molecule has 5 rings (SSSR count). The van der Waals surface area contributed by atoms with E-state index in [4.69, 9.17) is 20.8 Å². The second kappa shape index (κ2) is 10.6. The Balaban J connectivity index is 1.36. The topological polar surface area (TPSA) is 60.2 Å². The molecule has 5 nitrogen and oxygen atoms in total. The third-order valence-corrected chi connectivity index (χ3v) is 5.91. The van der Waals surface area contributed by atoms with Crippen LogP contribution in [-0.4, -0.2) is 9.97 Å². The molecule has 0 amide bonds. The van der Waals surface area contributed by atoms with Gasteiger partial charge in [-0.25, -0.2) is 14.4 Å². The molecule has 36 heavy (non-hydrogen) atoms. The van der Waals surface area contributed by atoms with E-state index in [1.165, 1.54) is 18.5 Å². The van der Waals surface area contributed by atoms with Crippen molar-refractivity contribution in [2.45, 2.75) is 20.0 Å². The average Bonchev–Trinajstić information content (AvgIpc) is 3.36. The summed E-state index contributed by atoms with van der Waals surface area (Å²) in [4.78, 5) is 8.84. The quantitative estimate of drug-likeness (QED) is 0.218. The minimum Gasteiger partial charge on any atom is -0.487 e. The number of halogens is 2. The zero-order valence-corrected chi connectivity index (χ0v) is 20.3. The highest BCUT2D eigenvalue weighted by Crippen LogP contribution is 2.33. The van der Waals surface area contributed by atoms with E-state index in [0.717, 1.165) is 45.7 Å². The van der Waals surface area contributed by atoms with Crippen molar-refractivity contribution < 1.29 is 13.5 Å². The Labute approximate surface area is 213 Å². The Kier molecular flexibility index (Phi) is 6.96. The summed E-state index contributed by atoms with van der Waals surface area (Å²) >= 11 is 6.47. The summed E-state index contributed by atoms with van der Waals surface area (Å²) in [5.41, 5.74) is 3.21. The number of fused-ring (bicyclic) bond motifs is 1. The van der Waals surface area contributed by atoms with Crippen LogP contribution in [0.1, 0.15) is 18.2 Å². The van der Waals surface area contributed by atoms with E-state index in [2.05, 4.69) is 21.4 Å². The molecular formula is C29H23ClFN3O2. The monoisotopic (exact) mass is 499 g/mol. The molecule has 0 saturated carbocycles. The van der Waals surface area contributed by atoms with Gasteiger partial charge in [-0.2, -0.15) is 0 Å². The Bertz CT molecular complexity index is 1550. The number of furan rings is 1. The highest BCUT2D eigenvalue weighted by molar-refractivity contribution is 6.32. The van der Waals surface area contributed by atoms with E-state index in [0.29, 0.717) is 16.6 Å². The molecule has 5 aromatic rings. The van der Waals surface area contributed by atoms with Crippen LogP contribution in [0.3, 0.4) is 0 Å². The molecule has 0 aliphatic carbocycles. The summed E-state index contributed by atoms with van der Waals surface area (Å²) in [6.45, 7) is 2.20. The number of anilines is 2. The fraction of sp³-hybridized carbons (Fsp3) is 0.103. The largest absolute Gasteiger partial charge is 0.487 e. The van der Waals surface area contributed by atoms with Crippen LogP contribution in [0.25, 0.3) is 22.2 Å². The lowest BCUT2D eigenvalue weighted by atomic mass is 10.1. The smallest absolute Gasteiger partial charge is 0.141 e. The molecule has 0 saturated heterocycles. The molecule has 0 aliphatic rings. The highest BCUT2D eigenvalue weighted by atomic mass is 35.5. The van der Waals surface area contributed by atoms with Crippen molar-refractivity contribution >= 4 is 34.0 Å². The first kappa shape index (κ1) is 23.6. The second-order valence-corrected chi connectivity index (χ2v) is 8.59. The van der Waals surface area contributed by atoms with Gasteiger partial charge in [0.15, 0.2) is 0 Å². The van der Waals surface area contributed by atoms with Gasteiger partial charge in [0.2, 0.25) is 0 Å². The zero-order chi connectivity index (χ0) is 24.9. The van der Waals surface area contributed by atoms with Gasteiger partial charge in [0.25, 0.3) is 0 Å². The van der Waals surface area contributed by atoms with Crippen molar-refractivity contribution in [2.75, 3.05) is 5.32 Å². The van der Waals surface area contributed by atoms with E-state index in [1.807, 2.05) is 49.4 Å². The average molecular weight is 500 g/mol. The third kappa shape index (κ3) is 5.39. The summed E-state index contributed by atoms with van der Waals surface area (Å²) in [5, 5.41) is 4.61. The molecule has 0 atom stereocenters. The van der Waals surface area contributed by atoms with Crippen LogP contribution >= 0.6 is 11.6 Å². The Hall–Kier alpha value is -4.16. The fourth-order valence-electron chi connectivity index (χ4n) is 3.81. The first-order valence-electron chi connectivity index (χ1n) is 11.5. The van der Waals surface area contributed by atoms with Crippen LogP contribution in [-0.2, 0) is 13.0 Å². The Morgan fingerprint density at radius 3 is 2.78 bits per heavy atom. The molecule has 1 N–H and O–H groups in total. The van der Waals surface area contributed by atoms with Gasteiger partial charge < -0.3 is 14.5 Å². The molecule has 0 bridgehead atoms. The Morgan fingerprint density at radius 2 is 1.94 bits per heavy atom. The molecule has 0 unspecified atom stereocenters. The van der Waals surface area contributed by atoms with Crippen molar-refractivity contribution in [3.8, 4) is 17.1 Å². The van der Waals surface area contributed by atoms with Crippen molar-refractivity contribution in [3.05, 3.63) is 113 Å². The van der Waals surface area contributed by atoms with Gasteiger partial charge >= 0.3 is 0 Å². The van der Waals surface area contributed by atoms with Crippen LogP contribution in [0, 0.1) is 5.82 Å². The number of benzene rings is 3. The molecule has 7 heteroatoms. The third-order valence-electron chi connectivity index (χ3n) is 5.61. The van der Waals surface area contributed by atoms with Gasteiger partial charge in [0, 0.05) is 23.1 Å². The molecule has 0 spiro atoms. The first-order chi connectivity index (χ1) is 17.6. The van der Waals surface area contributed by atoms with E-state index in [-0.39, 0.29) is 12.4 Å². The number of rotatable bonds is 8. The number of ether oxygens (including phenoxy) is 1. The maximum Gasteiger partial charge on any atom is 0.141 e. The number of allylic oxidation sites excluding steroid dienone is 2. The molecule has 2 heterocycles. The van der Waals surface area contributed by atoms with Crippen LogP contribution in [0.5, 0.6) is 5.75 Å². The van der Waals surface area contributed by atoms with E-state index >= 15 is 0 Å². The lowest BCUT2D eigenvalue weighted by Crippen LogP contribution is -1.98. The van der Waals surface area contributed by atoms with Gasteiger partial charge in [-0.15, -0.1) is 0 Å². The summed E-state index contributed by atoms with van der Waals surface area (Å²) in [6.07, 6.45) is 6.33. The summed E-state index contributed by atoms with van der Waals surface area (Å²) in [7, 11) is 0. The minimum atomic E-state index is -0.303. The molecule has 2 aromatic heterocycles. The molecule has 0 radical (unpaired) electrons. The number of nitrogens with one attached hydrogen (secondary N) is 1. The predicted molar refractivity (Wildman–Crippen MR) is 141 cm³/mol. The van der Waals surface area contributed by atoms with E-state index in [9.17, 15) is 4.39 Å². The van der Waals surface area contributed by atoms with E-state index < -0.39 is 0 Å². The van der Waals surface area contributed by atoms with Gasteiger partial charge in [-0.05, 0) is 73.2 Å². The summed E-state index contributed by atoms with van der Waals surface area (Å²) in [6, 6.07) is 21.6. The highest BCUT2D eigenvalue weighted by Gasteiger charge is 2.11. The zero-order valence-electron chi connectivity index (χ0n) is 19.5. The van der Waals surface area contributed by atoms with Crippen molar-refractivity contribution in [2.24, 2.45) is 0 Å². The summed E-state index contributed by atoms with van der Waals surface area (Å²) < 4.78 is 25.2. The van der Waals surface area contributed by atoms with Crippen LogP contribution in [0.4, 0.5) is 15.9 Å². The predicted octanol–water partition coefficient (Wildman–Crippen LogP) is 8.12. The molecule has 3 aromatic carbocycles. The maximum atomic E-state index is 13.4. The van der Waals surface area contributed by atoms with E-state index in [1.54, 1.807) is 24.3 Å². The molecule has 180 valence electrons. The van der Waals surface area contributed by atoms with Crippen molar-refractivity contribution in [1.29, 1.82) is 0 Å². The van der Waals surface area contributed by atoms with Crippen molar-refractivity contribution in [3.63, 3.8) is 0 Å². The fourth-order valence-corrected chi connectivity index (χ4v) is 4.04. The minimum absolute atomic E-state index is 0.215. The van der Waals surface area contributed by atoms with Gasteiger partial charge in [-0.1, -0.05) is 35.9 Å². The number of hydrogen-bond donors (Lipinski definition) is 1. The standard InChI is InChI=1S/C29H23ClFN3O2/c1-2-3-7-23-10-13-27(36-23)20-8-11-26-24(15-20)29(33-18-32-26)34-22-9-12-28(25(30)16-22)35-17-19-5-4-6-21(31)14-19/h2-6,8-16,18H,7,17H2,1H3,(H,32,33,34)/b3-2+. The first-order valence-corrected chi connectivity index (χ1v) is 11.9. The van der Waals surface area contributed by atoms with Gasteiger partial charge in [-0.3, -0.25) is 0 Å². The SMILES string of the molecule is C/C=C/Cc1ccc(-c2ccc3ncnc(Nc4ccc(OCc5cccc(F)c5)c(Cl)c4)c3c2)o1. The lowest BCUT2D eigenvalue weighted by molar-refractivity contribution is 0.306. The number of aromatic nitrogens is 2. The van der Waals surface area contributed by atoms with Crippen molar-refractivity contribution in [1.82, 2.24) is 9.97 Å². The second-order valence-electron chi connectivity index (χ2n) is 8.18. The molecule has 0 aliphatic heterocycles. The lowest BCUT2D eigenvalue weighted by Gasteiger charge is -2.12. The van der Waals surface area contributed by atoms with Crippen LogP contribution in [0.2, 0.25) is 5.02 Å². The molecular weight excluding hydrogens is 477 g/mol. The summed E-state index contributed by atoms with van der Waals surface area (Å²) in [5.74, 6) is 2.54.